The first kappa shape index (κ1) is 13.1. The highest BCUT2D eigenvalue weighted by Crippen LogP contribution is 1.82. The third-order valence-corrected chi connectivity index (χ3v) is 1.44. The van der Waals surface area contributed by atoms with Crippen LogP contribution in [0.15, 0.2) is 0 Å². The van der Waals surface area contributed by atoms with E-state index in [0.29, 0.717) is 26.4 Å². The molecule has 5 N–H and O–H groups in total. The minimum Gasteiger partial charge on any atom is -0.379 e. The molecule has 0 aromatic carbocycles. The summed E-state index contributed by atoms with van der Waals surface area (Å²) >= 11 is 0. The highest BCUT2D eigenvalue weighted by atomic mass is 16.5. The summed E-state index contributed by atoms with van der Waals surface area (Å²) in [5.41, 5.74) is 1.91. The van der Waals surface area contributed by atoms with Crippen molar-refractivity contribution >= 4 is 6.03 Å². The first-order chi connectivity index (χ1) is 6.72. The van der Waals surface area contributed by atoms with Crippen molar-refractivity contribution in [3.8, 4) is 0 Å². The van der Waals surface area contributed by atoms with Gasteiger partial charge in [0.25, 0.3) is 0 Å². The fourth-order valence-electron chi connectivity index (χ4n) is 0.712. The molecule has 0 aliphatic carbocycles. The third-order valence-electron chi connectivity index (χ3n) is 1.44. The van der Waals surface area contributed by atoms with Crippen LogP contribution in [0, 0.1) is 0 Å². The summed E-state index contributed by atoms with van der Waals surface area (Å²) in [6, 6.07) is -0.543. The number of hydrogen-bond donors (Lipinski definition) is 3. The monoisotopic (exact) mass is 206 g/mol. The van der Waals surface area contributed by atoms with Gasteiger partial charge in [-0.3, -0.25) is 10.4 Å². The lowest BCUT2D eigenvalue weighted by molar-refractivity contribution is 0.0460. The summed E-state index contributed by atoms with van der Waals surface area (Å²) in [6.45, 7) is 4.26. The van der Waals surface area contributed by atoms with Crippen molar-refractivity contribution in [1.82, 2.24) is 10.4 Å². The van der Waals surface area contributed by atoms with Gasteiger partial charge in [-0.15, -0.1) is 0 Å². The van der Waals surface area contributed by atoms with Crippen LogP contribution in [0.2, 0.25) is 0 Å². The van der Waals surface area contributed by atoms with E-state index in [4.69, 9.17) is 21.2 Å². The molecule has 0 atom stereocenters. The summed E-state index contributed by atoms with van der Waals surface area (Å²) < 4.78 is 10.2. The van der Waals surface area contributed by atoms with Gasteiger partial charge in [-0.1, -0.05) is 0 Å². The first-order valence-electron chi connectivity index (χ1n) is 4.40. The Kier molecular flexibility index (Phi) is 8.14. The van der Waals surface area contributed by atoms with E-state index in [1.54, 1.807) is 0 Å². The zero-order valence-electron chi connectivity index (χ0n) is 8.36. The standard InChI is InChI=1S/C7H18N4O3/c1-2-13-5-6-14-4-3-11(9)7(12)10-8/h2-6,8-9H2,1H3,(H,10,12). The number of amides is 2. The molecule has 0 rings (SSSR count). The van der Waals surface area contributed by atoms with Gasteiger partial charge < -0.3 is 9.47 Å². The minimum absolute atomic E-state index is 0.287. The van der Waals surface area contributed by atoms with Crippen molar-refractivity contribution in [1.29, 1.82) is 0 Å². The maximum atomic E-state index is 10.8. The van der Waals surface area contributed by atoms with Gasteiger partial charge in [0.1, 0.15) is 0 Å². The lowest BCUT2D eigenvalue weighted by Gasteiger charge is -2.15. The number of ether oxygens (including phenoxy) is 2. The number of nitrogens with one attached hydrogen (secondary N) is 1. The lowest BCUT2D eigenvalue weighted by Crippen LogP contribution is -2.48. The maximum Gasteiger partial charge on any atom is 0.345 e. The van der Waals surface area contributed by atoms with Crippen LogP contribution in [-0.4, -0.2) is 44.0 Å². The van der Waals surface area contributed by atoms with E-state index < -0.39 is 6.03 Å². The number of nitrogens with zero attached hydrogens (tertiary/aromatic N) is 1. The molecule has 0 bridgehead atoms. The summed E-state index contributed by atoms with van der Waals surface area (Å²) in [7, 11) is 0. The molecule has 0 aliphatic rings. The van der Waals surface area contributed by atoms with Crippen LogP contribution in [0.4, 0.5) is 4.79 Å². The number of hydrogen-bond acceptors (Lipinski definition) is 5. The summed E-state index contributed by atoms with van der Waals surface area (Å²) in [4.78, 5) is 10.8. The van der Waals surface area contributed by atoms with Crippen molar-refractivity contribution in [3.63, 3.8) is 0 Å². The topological polar surface area (TPSA) is 103 Å². The normalized spacial score (nSPS) is 9.93. The number of urea groups is 1. The van der Waals surface area contributed by atoms with Crippen LogP contribution in [0.25, 0.3) is 0 Å². The Morgan fingerprint density at radius 1 is 1.36 bits per heavy atom. The van der Waals surface area contributed by atoms with Crippen molar-refractivity contribution in [2.24, 2.45) is 11.7 Å². The van der Waals surface area contributed by atoms with Crippen molar-refractivity contribution in [3.05, 3.63) is 0 Å². The molecule has 14 heavy (non-hydrogen) atoms. The van der Waals surface area contributed by atoms with Gasteiger partial charge in [0.05, 0.1) is 26.4 Å². The van der Waals surface area contributed by atoms with Crippen LogP contribution in [0.3, 0.4) is 0 Å². The molecule has 0 fully saturated rings. The predicted molar refractivity (Wildman–Crippen MR) is 50.9 cm³/mol. The highest BCUT2D eigenvalue weighted by molar-refractivity contribution is 5.72. The molecule has 7 nitrogen and oxygen atoms in total. The largest absolute Gasteiger partial charge is 0.379 e. The number of carbonyl (C=O) groups excluding carboxylic acids is 1. The molecule has 2 amide bonds. The molecule has 0 heterocycles. The van der Waals surface area contributed by atoms with Crippen LogP contribution < -0.4 is 17.1 Å². The molecule has 0 spiro atoms. The van der Waals surface area contributed by atoms with Gasteiger partial charge in [-0.05, 0) is 6.92 Å². The van der Waals surface area contributed by atoms with Crippen LogP contribution >= 0.6 is 0 Å². The Bertz CT molecular complexity index is 156. The average Bonchev–Trinajstić information content (AvgIpc) is 2.21. The molecule has 0 aromatic heterocycles. The Morgan fingerprint density at radius 3 is 2.57 bits per heavy atom. The number of carbonyl (C=O) groups is 1. The molecule has 0 saturated heterocycles. The minimum atomic E-state index is -0.543. The SMILES string of the molecule is CCOCCOCCN(N)C(=O)NN. The van der Waals surface area contributed by atoms with Crippen molar-refractivity contribution < 1.29 is 14.3 Å². The van der Waals surface area contributed by atoms with Gasteiger partial charge in [0, 0.05) is 6.61 Å². The van der Waals surface area contributed by atoms with E-state index in [-0.39, 0.29) is 6.54 Å². The van der Waals surface area contributed by atoms with E-state index in [0.717, 1.165) is 5.01 Å². The maximum absolute atomic E-state index is 10.8. The Labute approximate surface area is 83.2 Å². The van der Waals surface area contributed by atoms with E-state index in [1.165, 1.54) is 0 Å². The van der Waals surface area contributed by atoms with Crippen LogP contribution in [0.1, 0.15) is 6.92 Å². The van der Waals surface area contributed by atoms with E-state index in [9.17, 15) is 4.79 Å². The second kappa shape index (κ2) is 8.70. The third kappa shape index (κ3) is 6.61. The number of hydrazine groups is 2. The molecule has 84 valence electrons. The summed E-state index contributed by atoms with van der Waals surface area (Å²) in [5, 5.41) is 0.945. The van der Waals surface area contributed by atoms with E-state index >= 15 is 0 Å². The fraction of sp³-hybridized carbons (Fsp3) is 0.857. The van der Waals surface area contributed by atoms with Crippen molar-refractivity contribution in [2.45, 2.75) is 6.92 Å². The number of nitrogens with two attached hydrogens (primary N) is 2. The van der Waals surface area contributed by atoms with Crippen LogP contribution in [-0.2, 0) is 9.47 Å². The van der Waals surface area contributed by atoms with Gasteiger partial charge in [0.2, 0.25) is 0 Å². The Balaban J connectivity index is 3.23. The molecular formula is C7H18N4O3. The molecule has 0 saturated carbocycles. The van der Waals surface area contributed by atoms with Gasteiger partial charge in [-0.25, -0.2) is 16.5 Å². The summed E-state index contributed by atoms with van der Waals surface area (Å²) in [5.74, 6) is 10.2. The first-order valence-corrected chi connectivity index (χ1v) is 4.40. The van der Waals surface area contributed by atoms with Crippen LogP contribution in [0.5, 0.6) is 0 Å². The molecule has 0 unspecified atom stereocenters. The van der Waals surface area contributed by atoms with E-state index in [2.05, 4.69) is 0 Å². The Hall–Kier alpha value is -0.890. The smallest absolute Gasteiger partial charge is 0.345 e. The van der Waals surface area contributed by atoms with E-state index in [1.807, 2.05) is 12.3 Å². The molecule has 0 aromatic rings. The highest BCUT2D eigenvalue weighted by Gasteiger charge is 2.05. The quantitative estimate of drug-likeness (QED) is 0.210. The van der Waals surface area contributed by atoms with Gasteiger partial charge >= 0.3 is 6.03 Å². The van der Waals surface area contributed by atoms with Gasteiger partial charge in [-0.2, -0.15) is 0 Å². The number of rotatable bonds is 7. The average molecular weight is 206 g/mol. The molecular weight excluding hydrogens is 188 g/mol. The molecule has 0 aliphatic heterocycles. The summed E-state index contributed by atoms with van der Waals surface area (Å²) in [6.07, 6.45) is 0. The zero-order chi connectivity index (χ0) is 10.8. The predicted octanol–water partition coefficient (Wildman–Crippen LogP) is -1.20. The molecule has 0 radical (unpaired) electrons. The molecule has 7 heteroatoms. The lowest BCUT2D eigenvalue weighted by atomic mass is 10.6. The fourth-order valence-corrected chi connectivity index (χ4v) is 0.712. The second-order valence-electron chi connectivity index (χ2n) is 2.45. The van der Waals surface area contributed by atoms with Gasteiger partial charge in [0.15, 0.2) is 0 Å². The Morgan fingerprint density at radius 2 is 2.00 bits per heavy atom. The van der Waals surface area contributed by atoms with Crippen molar-refractivity contribution in [2.75, 3.05) is 33.0 Å². The second-order valence-corrected chi connectivity index (χ2v) is 2.45. The zero-order valence-corrected chi connectivity index (χ0v) is 8.36.